The van der Waals surface area contributed by atoms with Gasteiger partial charge in [0.25, 0.3) is 5.91 Å². The molecule has 2 aromatic heterocycles. The zero-order valence-corrected chi connectivity index (χ0v) is 12.4. The molecule has 2 unspecified atom stereocenters. The molecule has 0 aromatic carbocycles. The molecule has 2 aromatic rings. The molecule has 3 rings (SSSR count). The standard InChI is InChI=1S/C14H19N3OS/c1-9-5-4-6-10(2)17(9)13(18)12-7-16-11(3)8-19-14(16)15-12/h7-10H,4-6H2,1-3H3. The van der Waals surface area contributed by atoms with Crippen molar-refractivity contribution in [2.24, 2.45) is 0 Å². The Hall–Kier alpha value is -1.36. The van der Waals surface area contributed by atoms with Crippen LogP contribution < -0.4 is 0 Å². The SMILES string of the molecule is Cc1csc2nc(C(=O)N3C(C)CCCC3C)cn12. The Morgan fingerprint density at radius 2 is 2.05 bits per heavy atom. The molecule has 1 amide bonds. The summed E-state index contributed by atoms with van der Waals surface area (Å²) >= 11 is 1.58. The van der Waals surface area contributed by atoms with Crippen molar-refractivity contribution in [2.45, 2.75) is 52.1 Å². The maximum Gasteiger partial charge on any atom is 0.274 e. The number of thiazole rings is 1. The zero-order valence-electron chi connectivity index (χ0n) is 11.6. The number of hydrogen-bond donors (Lipinski definition) is 0. The first-order chi connectivity index (χ1) is 9.08. The van der Waals surface area contributed by atoms with Crippen molar-refractivity contribution in [3.05, 3.63) is 23.0 Å². The van der Waals surface area contributed by atoms with E-state index in [4.69, 9.17) is 0 Å². The van der Waals surface area contributed by atoms with Gasteiger partial charge in [0.05, 0.1) is 0 Å². The monoisotopic (exact) mass is 277 g/mol. The van der Waals surface area contributed by atoms with Gasteiger partial charge in [-0.25, -0.2) is 4.98 Å². The van der Waals surface area contributed by atoms with Gasteiger partial charge in [-0.3, -0.25) is 9.20 Å². The Morgan fingerprint density at radius 1 is 1.37 bits per heavy atom. The smallest absolute Gasteiger partial charge is 0.274 e. The quantitative estimate of drug-likeness (QED) is 0.803. The summed E-state index contributed by atoms with van der Waals surface area (Å²) in [5.74, 6) is 0.0787. The summed E-state index contributed by atoms with van der Waals surface area (Å²) in [7, 11) is 0. The Morgan fingerprint density at radius 3 is 2.68 bits per heavy atom. The number of hydrogen-bond acceptors (Lipinski definition) is 3. The molecule has 102 valence electrons. The summed E-state index contributed by atoms with van der Waals surface area (Å²) in [6.07, 6.45) is 5.27. The summed E-state index contributed by atoms with van der Waals surface area (Å²) in [4.78, 5) is 20.0. The van der Waals surface area contributed by atoms with Gasteiger partial charge in [-0.05, 0) is 40.0 Å². The van der Waals surface area contributed by atoms with Crippen molar-refractivity contribution in [1.82, 2.24) is 14.3 Å². The molecule has 3 heterocycles. The largest absolute Gasteiger partial charge is 0.332 e. The van der Waals surface area contributed by atoms with Gasteiger partial charge in [0, 0.05) is 29.4 Å². The van der Waals surface area contributed by atoms with Crippen molar-refractivity contribution in [3.63, 3.8) is 0 Å². The van der Waals surface area contributed by atoms with Gasteiger partial charge >= 0.3 is 0 Å². The van der Waals surface area contributed by atoms with E-state index in [0.717, 1.165) is 23.5 Å². The molecular formula is C14H19N3OS. The van der Waals surface area contributed by atoms with Crippen LogP contribution >= 0.6 is 11.3 Å². The summed E-state index contributed by atoms with van der Waals surface area (Å²) in [6.45, 7) is 6.31. The van der Waals surface area contributed by atoms with Crippen LogP contribution in [0.5, 0.6) is 0 Å². The van der Waals surface area contributed by atoms with E-state index in [2.05, 4.69) is 24.2 Å². The topological polar surface area (TPSA) is 37.6 Å². The first kappa shape index (κ1) is 12.7. The van der Waals surface area contributed by atoms with E-state index >= 15 is 0 Å². The van der Waals surface area contributed by atoms with Crippen LogP contribution in [0.1, 0.15) is 49.3 Å². The van der Waals surface area contributed by atoms with Gasteiger partial charge in [-0.2, -0.15) is 0 Å². The minimum atomic E-state index is 0.0787. The third kappa shape index (κ3) is 2.06. The number of aromatic nitrogens is 2. The molecule has 0 saturated carbocycles. The number of imidazole rings is 1. The molecule has 19 heavy (non-hydrogen) atoms. The van der Waals surface area contributed by atoms with Crippen LogP contribution in [-0.2, 0) is 0 Å². The second-order valence-electron chi connectivity index (χ2n) is 5.50. The summed E-state index contributed by atoms with van der Waals surface area (Å²) in [5, 5.41) is 2.06. The lowest BCUT2D eigenvalue weighted by Gasteiger charge is -2.38. The number of amides is 1. The van der Waals surface area contributed by atoms with Crippen LogP contribution in [0.3, 0.4) is 0 Å². The number of carbonyl (C=O) groups excluding carboxylic acids is 1. The minimum absolute atomic E-state index is 0.0787. The van der Waals surface area contributed by atoms with E-state index in [-0.39, 0.29) is 5.91 Å². The number of carbonyl (C=O) groups is 1. The summed E-state index contributed by atoms with van der Waals surface area (Å²) in [5.41, 5.74) is 1.71. The first-order valence-corrected chi connectivity index (χ1v) is 7.71. The molecule has 5 heteroatoms. The predicted octanol–water partition coefficient (Wildman–Crippen LogP) is 3.11. The lowest BCUT2D eigenvalue weighted by molar-refractivity contribution is 0.0505. The van der Waals surface area contributed by atoms with Crippen molar-refractivity contribution >= 4 is 22.2 Å². The molecule has 0 bridgehead atoms. The lowest BCUT2D eigenvalue weighted by Crippen LogP contribution is -2.47. The highest BCUT2D eigenvalue weighted by atomic mass is 32.1. The lowest BCUT2D eigenvalue weighted by atomic mass is 9.97. The molecule has 0 aliphatic carbocycles. The van der Waals surface area contributed by atoms with Gasteiger partial charge < -0.3 is 4.90 Å². The number of piperidine rings is 1. The van der Waals surface area contributed by atoms with Crippen LogP contribution in [0.15, 0.2) is 11.6 Å². The fourth-order valence-corrected chi connectivity index (χ4v) is 3.80. The summed E-state index contributed by atoms with van der Waals surface area (Å²) in [6, 6.07) is 0.633. The second kappa shape index (κ2) is 4.63. The van der Waals surface area contributed by atoms with Crippen LogP contribution in [0.4, 0.5) is 0 Å². The van der Waals surface area contributed by atoms with Crippen LogP contribution in [0.25, 0.3) is 4.96 Å². The first-order valence-electron chi connectivity index (χ1n) is 6.84. The second-order valence-corrected chi connectivity index (χ2v) is 6.33. The number of aryl methyl sites for hydroxylation is 1. The van der Waals surface area contributed by atoms with E-state index in [1.54, 1.807) is 11.3 Å². The Labute approximate surface area is 117 Å². The highest BCUT2D eigenvalue weighted by Crippen LogP contribution is 2.25. The number of fused-ring (bicyclic) bond motifs is 1. The molecule has 2 atom stereocenters. The average molecular weight is 277 g/mol. The number of likely N-dealkylation sites (tertiary alicyclic amines) is 1. The molecule has 4 nitrogen and oxygen atoms in total. The van der Waals surface area contributed by atoms with Gasteiger partial charge in [0.1, 0.15) is 5.69 Å². The highest BCUT2D eigenvalue weighted by Gasteiger charge is 2.31. The maximum atomic E-state index is 12.7. The minimum Gasteiger partial charge on any atom is -0.332 e. The Balaban J connectivity index is 1.93. The molecule has 0 N–H and O–H groups in total. The van der Waals surface area contributed by atoms with E-state index in [1.807, 2.05) is 22.4 Å². The van der Waals surface area contributed by atoms with E-state index in [1.165, 1.54) is 6.42 Å². The third-order valence-electron chi connectivity index (χ3n) is 4.04. The molecule has 1 aliphatic rings. The molecule has 0 spiro atoms. The Kier molecular flexibility index (Phi) is 3.09. The van der Waals surface area contributed by atoms with Crippen molar-refractivity contribution in [1.29, 1.82) is 0 Å². The van der Waals surface area contributed by atoms with Crippen molar-refractivity contribution in [3.8, 4) is 0 Å². The fourth-order valence-electron chi connectivity index (χ4n) is 2.95. The molecule has 1 aliphatic heterocycles. The van der Waals surface area contributed by atoms with Crippen LogP contribution in [0.2, 0.25) is 0 Å². The molecular weight excluding hydrogens is 258 g/mol. The van der Waals surface area contributed by atoms with E-state index in [0.29, 0.717) is 17.8 Å². The molecule has 0 radical (unpaired) electrons. The zero-order chi connectivity index (χ0) is 13.6. The third-order valence-corrected chi connectivity index (χ3v) is 4.99. The normalized spacial score (nSPS) is 24.1. The van der Waals surface area contributed by atoms with Gasteiger partial charge in [-0.15, -0.1) is 11.3 Å². The van der Waals surface area contributed by atoms with E-state index in [9.17, 15) is 4.79 Å². The van der Waals surface area contributed by atoms with Gasteiger partial charge in [0.15, 0.2) is 4.96 Å². The van der Waals surface area contributed by atoms with Crippen molar-refractivity contribution in [2.75, 3.05) is 0 Å². The average Bonchev–Trinajstić information content (AvgIpc) is 2.92. The van der Waals surface area contributed by atoms with Crippen molar-refractivity contribution < 1.29 is 4.79 Å². The molecule has 1 saturated heterocycles. The molecule has 1 fully saturated rings. The van der Waals surface area contributed by atoms with Crippen LogP contribution in [-0.4, -0.2) is 32.3 Å². The number of rotatable bonds is 1. The summed E-state index contributed by atoms with van der Waals surface area (Å²) < 4.78 is 2.00. The van der Waals surface area contributed by atoms with Crippen LogP contribution in [0, 0.1) is 6.92 Å². The number of nitrogens with zero attached hydrogens (tertiary/aromatic N) is 3. The van der Waals surface area contributed by atoms with Gasteiger partial charge in [0.2, 0.25) is 0 Å². The highest BCUT2D eigenvalue weighted by molar-refractivity contribution is 7.15. The van der Waals surface area contributed by atoms with E-state index < -0.39 is 0 Å². The van der Waals surface area contributed by atoms with Gasteiger partial charge in [-0.1, -0.05) is 0 Å². The fraction of sp³-hybridized carbons (Fsp3) is 0.571. The Bertz CT molecular complexity index is 605. The predicted molar refractivity (Wildman–Crippen MR) is 76.8 cm³/mol. The maximum absolute atomic E-state index is 12.7.